The van der Waals surface area contributed by atoms with E-state index in [0.29, 0.717) is 25.9 Å². The van der Waals surface area contributed by atoms with Gasteiger partial charge in [0, 0.05) is 19.4 Å². The van der Waals surface area contributed by atoms with Crippen molar-refractivity contribution in [3.8, 4) is 0 Å². The van der Waals surface area contributed by atoms with Crippen molar-refractivity contribution in [1.82, 2.24) is 0 Å². The molecule has 2 atom stereocenters. The zero-order valence-electron chi connectivity index (χ0n) is 10.5. The second kappa shape index (κ2) is 5.55. The fraction of sp³-hybridized carbons (Fsp3) is 0.571. The second-order valence-electron chi connectivity index (χ2n) is 5.00. The molecule has 1 aromatic rings. The van der Waals surface area contributed by atoms with Crippen LogP contribution >= 0.6 is 11.6 Å². The Kier molecular flexibility index (Phi) is 4.25. The summed E-state index contributed by atoms with van der Waals surface area (Å²) in [4.78, 5) is 0. The minimum absolute atomic E-state index is 0.107. The smallest absolute Gasteiger partial charge is 0.141 e. The molecule has 2 rings (SSSR count). The van der Waals surface area contributed by atoms with Crippen LogP contribution in [0.5, 0.6) is 0 Å². The van der Waals surface area contributed by atoms with E-state index in [1.165, 1.54) is 6.07 Å². The van der Waals surface area contributed by atoms with E-state index in [1.807, 2.05) is 6.92 Å². The van der Waals surface area contributed by atoms with Crippen molar-refractivity contribution in [1.29, 1.82) is 0 Å². The van der Waals surface area contributed by atoms with Crippen molar-refractivity contribution in [2.24, 2.45) is 0 Å². The van der Waals surface area contributed by atoms with Crippen LogP contribution in [0, 0.1) is 5.82 Å². The Morgan fingerprint density at radius 1 is 1.56 bits per heavy atom. The molecule has 0 spiro atoms. The van der Waals surface area contributed by atoms with Crippen molar-refractivity contribution in [3.63, 3.8) is 0 Å². The average molecular weight is 273 g/mol. The molecule has 1 aromatic carbocycles. The van der Waals surface area contributed by atoms with Gasteiger partial charge in [0.15, 0.2) is 0 Å². The largest absolute Gasteiger partial charge is 0.389 e. The van der Waals surface area contributed by atoms with Gasteiger partial charge < -0.3 is 9.84 Å². The SMILES string of the molecule is CCC1CC(O)(Cc2ccc(F)c(Cl)c2)CCO1. The van der Waals surface area contributed by atoms with E-state index in [1.54, 1.807) is 12.1 Å². The molecular formula is C14H18ClFO2. The first-order chi connectivity index (χ1) is 8.52. The molecule has 1 aliphatic heterocycles. The van der Waals surface area contributed by atoms with E-state index >= 15 is 0 Å². The van der Waals surface area contributed by atoms with Gasteiger partial charge in [0.05, 0.1) is 16.7 Å². The molecule has 0 aliphatic carbocycles. The molecule has 1 aliphatic rings. The molecule has 1 N–H and O–H groups in total. The number of hydrogen-bond donors (Lipinski definition) is 1. The van der Waals surface area contributed by atoms with Crippen LogP contribution in [0.15, 0.2) is 18.2 Å². The third-order valence-corrected chi connectivity index (χ3v) is 3.79. The summed E-state index contributed by atoms with van der Waals surface area (Å²) in [5.41, 5.74) is 0.0979. The Bertz CT molecular complexity index is 424. The molecule has 0 aromatic heterocycles. The topological polar surface area (TPSA) is 29.5 Å². The monoisotopic (exact) mass is 272 g/mol. The van der Waals surface area contributed by atoms with Crippen LogP contribution in [0.1, 0.15) is 31.7 Å². The summed E-state index contributed by atoms with van der Waals surface area (Å²) in [7, 11) is 0. The normalized spacial score (nSPS) is 28.3. The fourth-order valence-corrected chi connectivity index (χ4v) is 2.66. The summed E-state index contributed by atoms with van der Waals surface area (Å²) in [6, 6.07) is 4.61. The predicted octanol–water partition coefficient (Wildman–Crippen LogP) is 3.34. The van der Waals surface area contributed by atoms with Gasteiger partial charge in [-0.1, -0.05) is 24.6 Å². The number of ether oxygens (including phenoxy) is 1. The highest BCUT2D eigenvalue weighted by Gasteiger charge is 2.34. The summed E-state index contributed by atoms with van der Waals surface area (Å²) in [5, 5.41) is 10.7. The molecule has 0 saturated carbocycles. The van der Waals surface area contributed by atoms with Crippen molar-refractivity contribution in [2.75, 3.05) is 6.61 Å². The molecule has 0 amide bonds. The molecule has 100 valence electrons. The molecule has 1 heterocycles. The summed E-state index contributed by atoms with van der Waals surface area (Å²) in [6.07, 6.45) is 2.73. The maximum Gasteiger partial charge on any atom is 0.141 e. The number of halogens is 2. The van der Waals surface area contributed by atoms with Gasteiger partial charge in [-0.15, -0.1) is 0 Å². The summed E-state index contributed by atoms with van der Waals surface area (Å²) in [6.45, 7) is 2.62. The molecule has 2 nitrogen and oxygen atoms in total. The minimum Gasteiger partial charge on any atom is -0.389 e. The van der Waals surface area contributed by atoms with Crippen LogP contribution in [0.2, 0.25) is 5.02 Å². The zero-order chi connectivity index (χ0) is 13.2. The summed E-state index contributed by atoms with van der Waals surface area (Å²) < 4.78 is 18.6. The van der Waals surface area contributed by atoms with Gasteiger partial charge in [-0.05, 0) is 30.5 Å². The molecule has 1 fully saturated rings. The molecular weight excluding hydrogens is 255 g/mol. The Morgan fingerprint density at radius 2 is 2.33 bits per heavy atom. The molecule has 0 bridgehead atoms. The van der Waals surface area contributed by atoms with E-state index in [2.05, 4.69) is 0 Å². The van der Waals surface area contributed by atoms with Gasteiger partial charge in [-0.3, -0.25) is 0 Å². The van der Waals surface area contributed by atoms with Crippen LogP contribution in [-0.2, 0) is 11.2 Å². The van der Waals surface area contributed by atoms with Gasteiger partial charge in [0.1, 0.15) is 5.82 Å². The first-order valence-corrected chi connectivity index (χ1v) is 6.68. The van der Waals surface area contributed by atoms with Crippen LogP contribution < -0.4 is 0 Å². The number of benzene rings is 1. The van der Waals surface area contributed by atoms with Crippen molar-refractivity contribution < 1.29 is 14.2 Å². The van der Waals surface area contributed by atoms with Gasteiger partial charge >= 0.3 is 0 Å². The molecule has 0 radical (unpaired) electrons. The highest BCUT2D eigenvalue weighted by atomic mass is 35.5. The Labute approximate surface area is 112 Å². The van der Waals surface area contributed by atoms with Crippen LogP contribution in [0.25, 0.3) is 0 Å². The standard InChI is InChI=1S/C14H18ClFO2/c1-2-11-9-14(17,5-6-18-11)8-10-3-4-13(16)12(15)7-10/h3-4,7,11,17H,2,5-6,8-9H2,1H3. The predicted molar refractivity (Wildman–Crippen MR) is 69.3 cm³/mol. The van der Waals surface area contributed by atoms with E-state index in [0.717, 1.165) is 12.0 Å². The van der Waals surface area contributed by atoms with E-state index < -0.39 is 11.4 Å². The highest BCUT2D eigenvalue weighted by Crippen LogP contribution is 2.30. The van der Waals surface area contributed by atoms with E-state index in [-0.39, 0.29) is 11.1 Å². The van der Waals surface area contributed by atoms with Crippen LogP contribution in [-0.4, -0.2) is 23.4 Å². The molecule has 2 unspecified atom stereocenters. The maximum atomic E-state index is 13.1. The van der Waals surface area contributed by atoms with Crippen LogP contribution in [0.4, 0.5) is 4.39 Å². The van der Waals surface area contributed by atoms with Crippen molar-refractivity contribution in [3.05, 3.63) is 34.6 Å². The van der Waals surface area contributed by atoms with Gasteiger partial charge in [-0.2, -0.15) is 0 Å². The Morgan fingerprint density at radius 3 is 3.00 bits per heavy atom. The number of rotatable bonds is 3. The van der Waals surface area contributed by atoms with Gasteiger partial charge in [0.25, 0.3) is 0 Å². The Hall–Kier alpha value is -0.640. The molecule has 1 saturated heterocycles. The maximum absolute atomic E-state index is 13.1. The first kappa shape index (κ1) is 13.8. The van der Waals surface area contributed by atoms with Crippen LogP contribution in [0.3, 0.4) is 0 Å². The molecule has 4 heteroatoms. The van der Waals surface area contributed by atoms with Gasteiger partial charge in [-0.25, -0.2) is 4.39 Å². The summed E-state index contributed by atoms with van der Waals surface area (Å²) in [5.74, 6) is -0.425. The average Bonchev–Trinajstić information content (AvgIpc) is 2.33. The van der Waals surface area contributed by atoms with Crippen molar-refractivity contribution >= 4 is 11.6 Å². The lowest BCUT2D eigenvalue weighted by molar-refractivity contribution is -0.103. The lowest BCUT2D eigenvalue weighted by Crippen LogP contribution is -2.42. The lowest BCUT2D eigenvalue weighted by Gasteiger charge is -2.36. The lowest BCUT2D eigenvalue weighted by atomic mass is 9.84. The number of hydrogen-bond acceptors (Lipinski definition) is 2. The third kappa shape index (κ3) is 3.22. The van der Waals surface area contributed by atoms with Gasteiger partial charge in [0.2, 0.25) is 0 Å². The quantitative estimate of drug-likeness (QED) is 0.914. The van der Waals surface area contributed by atoms with E-state index in [9.17, 15) is 9.50 Å². The summed E-state index contributed by atoms with van der Waals surface area (Å²) >= 11 is 5.75. The van der Waals surface area contributed by atoms with E-state index in [4.69, 9.17) is 16.3 Å². The fourth-order valence-electron chi connectivity index (χ4n) is 2.45. The second-order valence-corrected chi connectivity index (χ2v) is 5.41. The highest BCUT2D eigenvalue weighted by molar-refractivity contribution is 6.30. The third-order valence-electron chi connectivity index (χ3n) is 3.50. The minimum atomic E-state index is -0.764. The first-order valence-electron chi connectivity index (χ1n) is 6.30. The Balaban J connectivity index is 2.09. The van der Waals surface area contributed by atoms with Crippen molar-refractivity contribution in [2.45, 2.75) is 44.3 Å². The zero-order valence-corrected chi connectivity index (χ0v) is 11.2. The molecule has 18 heavy (non-hydrogen) atoms. The number of aliphatic hydroxyl groups is 1.